The van der Waals surface area contributed by atoms with Gasteiger partial charge in [0.1, 0.15) is 12.4 Å². The zero-order chi connectivity index (χ0) is 20.5. The number of nitrogens with one attached hydrogen (secondary N) is 1. The van der Waals surface area contributed by atoms with Gasteiger partial charge in [0, 0.05) is 11.3 Å². The van der Waals surface area contributed by atoms with Crippen LogP contribution in [0.25, 0.3) is 0 Å². The van der Waals surface area contributed by atoms with Gasteiger partial charge in [0.15, 0.2) is 0 Å². The lowest BCUT2D eigenvalue weighted by Crippen LogP contribution is -2.12. The third-order valence-corrected chi connectivity index (χ3v) is 4.16. The molecule has 0 aromatic heterocycles. The minimum atomic E-state index is -0.368. The van der Waals surface area contributed by atoms with Gasteiger partial charge in [0.2, 0.25) is 0 Å². The molecule has 0 aliphatic rings. The SMILES string of the molecule is CCCOC(=O)c1ccc(NC(=O)c2cccc(OCc3ccccc3)c2)cc1. The molecule has 0 spiro atoms. The fourth-order valence-corrected chi connectivity index (χ4v) is 2.64. The second-order valence-electron chi connectivity index (χ2n) is 6.47. The van der Waals surface area contributed by atoms with Crippen molar-refractivity contribution in [2.75, 3.05) is 11.9 Å². The zero-order valence-electron chi connectivity index (χ0n) is 16.3. The van der Waals surface area contributed by atoms with Gasteiger partial charge in [0.25, 0.3) is 5.91 Å². The summed E-state index contributed by atoms with van der Waals surface area (Å²) in [4.78, 5) is 24.4. The summed E-state index contributed by atoms with van der Waals surface area (Å²) in [6, 6.07) is 23.5. The molecule has 0 saturated heterocycles. The highest BCUT2D eigenvalue weighted by molar-refractivity contribution is 6.04. The molecule has 1 N–H and O–H groups in total. The normalized spacial score (nSPS) is 10.2. The van der Waals surface area contributed by atoms with Crippen LogP contribution in [0.15, 0.2) is 78.9 Å². The van der Waals surface area contributed by atoms with Crippen molar-refractivity contribution >= 4 is 17.6 Å². The number of carbonyl (C=O) groups is 2. The molecule has 1 amide bonds. The van der Waals surface area contributed by atoms with Gasteiger partial charge in [-0.1, -0.05) is 43.3 Å². The summed E-state index contributed by atoms with van der Waals surface area (Å²) in [5.41, 5.74) is 2.59. The Balaban J connectivity index is 1.59. The van der Waals surface area contributed by atoms with E-state index < -0.39 is 0 Å². The van der Waals surface area contributed by atoms with E-state index in [0.717, 1.165) is 12.0 Å². The van der Waals surface area contributed by atoms with Crippen molar-refractivity contribution in [1.82, 2.24) is 0 Å². The number of hydrogen-bond acceptors (Lipinski definition) is 4. The van der Waals surface area contributed by atoms with Crippen molar-refractivity contribution < 1.29 is 19.1 Å². The molecular weight excluding hydrogens is 366 g/mol. The van der Waals surface area contributed by atoms with Crippen LogP contribution in [0.2, 0.25) is 0 Å². The fraction of sp³-hybridized carbons (Fsp3) is 0.167. The highest BCUT2D eigenvalue weighted by Crippen LogP contribution is 2.17. The van der Waals surface area contributed by atoms with E-state index in [4.69, 9.17) is 9.47 Å². The van der Waals surface area contributed by atoms with Crippen LogP contribution in [0, 0.1) is 0 Å². The van der Waals surface area contributed by atoms with Crippen LogP contribution in [0.4, 0.5) is 5.69 Å². The van der Waals surface area contributed by atoms with E-state index in [1.165, 1.54) is 0 Å². The molecule has 0 bridgehead atoms. The molecule has 0 fully saturated rings. The minimum Gasteiger partial charge on any atom is -0.489 e. The second-order valence-corrected chi connectivity index (χ2v) is 6.47. The predicted octanol–water partition coefficient (Wildman–Crippen LogP) is 5.08. The first-order valence-corrected chi connectivity index (χ1v) is 9.51. The summed E-state index contributed by atoms with van der Waals surface area (Å²) < 4.78 is 10.9. The highest BCUT2D eigenvalue weighted by atomic mass is 16.5. The predicted molar refractivity (Wildman–Crippen MR) is 112 cm³/mol. The summed E-state index contributed by atoms with van der Waals surface area (Å²) in [5.74, 6) is -0.0000150. The van der Waals surface area contributed by atoms with E-state index >= 15 is 0 Å². The Morgan fingerprint density at radius 1 is 0.862 bits per heavy atom. The summed E-state index contributed by atoms with van der Waals surface area (Å²) >= 11 is 0. The summed E-state index contributed by atoms with van der Waals surface area (Å²) in [6.07, 6.45) is 0.772. The molecular formula is C24H23NO4. The van der Waals surface area contributed by atoms with Crippen molar-refractivity contribution in [1.29, 1.82) is 0 Å². The average molecular weight is 389 g/mol. The molecule has 0 unspecified atom stereocenters. The number of hydrogen-bond donors (Lipinski definition) is 1. The number of amides is 1. The number of rotatable bonds is 8. The van der Waals surface area contributed by atoms with E-state index in [9.17, 15) is 9.59 Å². The fourth-order valence-electron chi connectivity index (χ4n) is 2.64. The third kappa shape index (κ3) is 5.94. The largest absolute Gasteiger partial charge is 0.489 e. The van der Waals surface area contributed by atoms with Crippen LogP contribution >= 0.6 is 0 Å². The molecule has 148 valence electrons. The molecule has 0 heterocycles. The lowest BCUT2D eigenvalue weighted by atomic mass is 10.1. The minimum absolute atomic E-state index is 0.253. The number of anilines is 1. The molecule has 0 aliphatic carbocycles. The first-order chi connectivity index (χ1) is 14.2. The maximum Gasteiger partial charge on any atom is 0.338 e. The molecule has 3 rings (SSSR count). The smallest absolute Gasteiger partial charge is 0.338 e. The van der Waals surface area contributed by atoms with Crippen LogP contribution in [-0.4, -0.2) is 18.5 Å². The van der Waals surface area contributed by atoms with Crippen LogP contribution in [0.5, 0.6) is 5.75 Å². The molecule has 3 aromatic carbocycles. The van der Waals surface area contributed by atoms with Gasteiger partial charge in [-0.2, -0.15) is 0 Å². The number of carbonyl (C=O) groups excluding carboxylic acids is 2. The third-order valence-electron chi connectivity index (χ3n) is 4.16. The Hall–Kier alpha value is -3.60. The van der Waals surface area contributed by atoms with Crippen molar-refractivity contribution in [2.45, 2.75) is 20.0 Å². The van der Waals surface area contributed by atoms with Gasteiger partial charge in [-0.3, -0.25) is 4.79 Å². The highest BCUT2D eigenvalue weighted by Gasteiger charge is 2.10. The van der Waals surface area contributed by atoms with E-state index in [2.05, 4.69) is 5.32 Å². The quantitative estimate of drug-likeness (QED) is 0.545. The Bertz CT molecular complexity index is 952. The lowest BCUT2D eigenvalue weighted by molar-refractivity contribution is 0.0505. The Morgan fingerprint density at radius 2 is 1.62 bits per heavy atom. The number of benzene rings is 3. The molecule has 29 heavy (non-hydrogen) atoms. The van der Waals surface area contributed by atoms with Crippen molar-refractivity contribution in [3.05, 3.63) is 95.6 Å². The van der Waals surface area contributed by atoms with Crippen molar-refractivity contribution in [3.8, 4) is 5.75 Å². The maximum atomic E-state index is 12.5. The van der Waals surface area contributed by atoms with Crippen LogP contribution in [-0.2, 0) is 11.3 Å². The zero-order valence-corrected chi connectivity index (χ0v) is 16.3. The van der Waals surface area contributed by atoms with E-state index in [-0.39, 0.29) is 11.9 Å². The second kappa shape index (κ2) is 10.1. The molecule has 5 nitrogen and oxygen atoms in total. The van der Waals surface area contributed by atoms with Gasteiger partial charge in [-0.05, 0) is 54.4 Å². The molecule has 5 heteroatoms. The average Bonchev–Trinajstić information content (AvgIpc) is 2.77. The topological polar surface area (TPSA) is 64.6 Å². The van der Waals surface area contributed by atoms with E-state index in [1.54, 1.807) is 42.5 Å². The lowest BCUT2D eigenvalue weighted by Gasteiger charge is -2.09. The first kappa shape index (κ1) is 20.1. The van der Waals surface area contributed by atoms with Gasteiger partial charge < -0.3 is 14.8 Å². The van der Waals surface area contributed by atoms with Crippen LogP contribution < -0.4 is 10.1 Å². The molecule has 0 aliphatic heterocycles. The standard InChI is InChI=1S/C24H23NO4/c1-2-15-28-24(27)19-11-13-21(14-12-19)25-23(26)20-9-6-10-22(16-20)29-17-18-7-4-3-5-8-18/h3-14,16H,2,15,17H2,1H3,(H,25,26). The molecule has 0 radical (unpaired) electrons. The summed E-state index contributed by atoms with van der Waals surface area (Å²) in [6.45, 7) is 2.76. The number of ether oxygens (including phenoxy) is 2. The Labute approximate surface area is 170 Å². The summed E-state index contributed by atoms with van der Waals surface area (Å²) in [7, 11) is 0. The van der Waals surface area contributed by atoms with Gasteiger partial charge >= 0.3 is 5.97 Å². The van der Waals surface area contributed by atoms with E-state index in [0.29, 0.717) is 35.8 Å². The maximum absolute atomic E-state index is 12.5. The van der Waals surface area contributed by atoms with Crippen LogP contribution in [0.3, 0.4) is 0 Å². The van der Waals surface area contributed by atoms with Gasteiger partial charge in [-0.25, -0.2) is 4.79 Å². The Morgan fingerprint density at radius 3 is 2.34 bits per heavy atom. The van der Waals surface area contributed by atoms with Gasteiger partial charge in [0.05, 0.1) is 12.2 Å². The van der Waals surface area contributed by atoms with Gasteiger partial charge in [-0.15, -0.1) is 0 Å². The molecule has 3 aromatic rings. The first-order valence-electron chi connectivity index (χ1n) is 9.51. The molecule has 0 saturated carbocycles. The molecule has 0 atom stereocenters. The van der Waals surface area contributed by atoms with Crippen molar-refractivity contribution in [3.63, 3.8) is 0 Å². The van der Waals surface area contributed by atoms with Crippen molar-refractivity contribution in [2.24, 2.45) is 0 Å². The number of esters is 1. The monoisotopic (exact) mass is 389 g/mol. The van der Waals surface area contributed by atoms with E-state index in [1.807, 2.05) is 43.3 Å². The Kier molecular flexibility index (Phi) is 7.00. The summed E-state index contributed by atoms with van der Waals surface area (Å²) in [5, 5.41) is 2.82. The van der Waals surface area contributed by atoms with Crippen LogP contribution in [0.1, 0.15) is 39.6 Å².